The number of aliphatic carboxylic acids is 1. The van der Waals surface area contributed by atoms with Crippen LogP contribution in [0.1, 0.15) is 168 Å². The lowest BCUT2D eigenvalue weighted by Crippen LogP contribution is -2.69. The van der Waals surface area contributed by atoms with Gasteiger partial charge in [-0.1, -0.05) is 136 Å². The van der Waals surface area contributed by atoms with Crippen LogP contribution in [0.25, 0.3) is 0 Å². The molecule has 290 valence electrons. The fourth-order valence-corrected chi connectivity index (χ4v) is 8.09. The van der Waals surface area contributed by atoms with Crippen molar-refractivity contribution >= 4 is 26.2 Å². The minimum atomic E-state index is -4.79. The van der Waals surface area contributed by atoms with Crippen molar-refractivity contribution in [3.63, 3.8) is 0 Å². The van der Waals surface area contributed by atoms with E-state index in [0.29, 0.717) is 12.8 Å². The summed E-state index contributed by atoms with van der Waals surface area (Å²) in [5, 5.41) is 11.6. The zero-order valence-electron chi connectivity index (χ0n) is 32.1. The Morgan fingerprint density at radius 3 is 1.17 bits per heavy atom. The number of carbonyl (C=O) groups excluding carboxylic acids is 1. The molecule has 0 bridgehead atoms. The summed E-state index contributed by atoms with van der Waals surface area (Å²) in [4.78, 5) is 9.27. The molecular formula is C36H76N2O8S2. The maximum Gasteiger partial charge on any atom is 0.328 e. The SMILES string of the molecule is CCCCCCCCCCCCCCC(C(=O)[O-])([N+](C)(C)C)S(=O)(=O)O.CCCCCCCCCCCC[N+](C)(C)CCCS(=O)(=O)[O-]. The van der Waals surface area contributed by atoms with Crippen LogP contribution < -0.4 is 5.11 Å². The first kappa shape index (κ1) is 49.3. The molecule has 0 heterocycles. The molecular weight excluding hydrogens is 653 g/mol. The van der Waals surface area contributed by atoms with Gasteiger partial charge in [0, 0.05) is 18.6 Å². The van der Waals surface area contributed by atoms with Gasteiger partial charge in [0.05, 0.1) is 58.4 Å². The Morgan fingerprint density at radius 1 is 0.562 bits per heavy atom. The first-order valence-corrected chi connectivity index (χ1v) is 22.0. The molecule has 10 nitrogen and oxygen atoms in total. The molecule has 0 aliphatic carbocycles. The molecule has 0 spiro atoms. The molecule has 0 aromatic carbocycles. The third-order valence-corrected chi connectivity index (χ3v) is 12.0. The predicted molar refractivity (Wildman–Crippen MR) is 196 cm³/mol. The number of likely N-dealkylation sites (N-methyl/N-ethyl adjacent to an activating group) is 1. The molecule has 0 aromatic heterocycles. The summed E-state index contributed by atoms with van der Waals surface area (Å²) in [6.45, 7) is 6.29. The molecule has 0 aliphatic rings. The highest BCUT2D eigenvalue weighted by Gasteiger charge is 2.55. The van der Waals surface area contributed by atoms with E-state index in [1.54, 1.807) is 0 Å². The summed E-state index contributed by atoms with van der Waals surface area (Å²) in [6.07, 6.45) is 27.0. The van der Waals surface area contributed by atoms with Crippen molar-refractivity contribution in [2.75, 3.05) is 54.1 Å². The van der Waals surface area contributed by atoms with Gasteiger partial charge in [-0.2, -0.15) is 8.42 Å². The van der Waals surface area contributed by atoms with E-state index in [2.05, 4.69) is 27.9 Å². The Hall–Kier alpha value is -0.790. The van der Waals surface area contributed by atoms with Crippen LogP contribution in [0.5, 0.6) is 0 Å². The van der Waals surface area contributed by atoms with Crippen LogP contribution in [0.15, 0.2) is 0 Å². The molecule has 0 radical (unpaired) electrons. The maximum absolute atomic E-state index is 11.8. The Labute approximate surface area is 297 Å². The highest BCUT2D eigenvalue weighted by molar-refractivity contribution is 7.87. The van der Waals surface area contributed by atoms with Gasteiger partial charge < -0.3 is 23.4 Å². The first-order chi connectivity index (χ1) is 22.3. The van der Waals surface area contributed by atoms with Gasteiger partial charge in [-0.15, -0.1) is 0 Å². The number of quaternary nitrogens is 2. The molecule has 0 fully saturated rings. The lowest BCUT2D eigenvalue weighted by Gasteiger charge is -2.43. The molecule has 1 unspecified atom stereocenters. The van der Waals surface area contributed by atoms with Crippen molar-refractivity contribution in [2.24, 2.45) is 0 Å². The number of carboxylic acids is 1. The molecule has 0 rings (SSSR count). The lowest BCUT2D eigenvalue weighted by atomic mass is 10.0. The standard InChI is InChI=1S/C19H39NO5S.C17H37NO3S/c1-5-6-7-8-9-10-11-12-13-14-15-16-17-19(18(21)22,20(2,3)4)26(23,24)25;1-4-5-6-7-8-9-10-11-12-13-15-18(2,3)16-14-17-22(19,20)21/h5-17H2,1-4H3,(H-,21,22,23,24,25);4-17H2,1-3H3. The minimum absolute atomic E-state index is 0.144. The van der Waals surface area contributed by atoms with Crippen LogP contribution in [0.4, 0.5) is 0 Å². The van der Waals surface area contributed by atoms with Gasteiger partial charge in [-0.25, -0.2) is 8.42 Å². The van der Waals surface area contributed by atoms with Gasteiger partial charge in [-0.05, 0) is 19.3 Å². The van der Waals surface area contributed by atoms with Crippen molar-refractivity contribution in [3.8, 4) is 0 Å². The zero-order valence-corrected chi connectivity index (χ0v) is 33.7. The van der Waals surface area contributed by atoms with Crippen LogP contribution >= 0.6 is 0 Å². The van der Waals surface area contributed by atoms with E-state index in [1.807, 2.05) is 0 Å². The van der Waals surface area contributed by atoms with E-state index in [4.69, 9.17) is 0 Å². The van der Waals surface area contributed by atoms with Crippen molar-refractivity contribution in [2.45, 2.75) is 173 Å². The summed E-state index contributed by atoms with van der Waals surface area (Å²) in [7, 11) is -0.261. The normalized spacial score (nSPS) is 13.9. The molecule has 1 atom stereocenters. The van der Waals surface area contributed by atoms with Gasteiger partial charge in [0.2, 0.25) is 0 Å². The monoisotopic (exact) mass is 729 g/mol. The second kappa shape index (κ2) is 26.9. The van der Waals surface area contributed by atoms with Crippen LogP contribution in [-0.2, 0) is 25.0 Å². The molecule has 48 heavy (non-hydrogen) atoms. The number of rotatable bonds is 31. The molecule has 0 saturated heterocycles. The van der Waals surface area contributed by atoms with E-state index >= 15 is 0 Å². The van der Waals surface area contributed by atoms with Crippen molar-refractivity contribution in [1.29, 1.82) is 0 Å². The quantitative estimate of drug-likeness (QED) is 0.0454. The Balaban J connectivity index is 0. The number of hydrogen-bond acceptors (Lipinski definition) is 7. The number of unbranched alkanes of at least 4 members (excludes halogenated alkanes) is 20. The second-order valence-corrected chi connectivity index (χ2v) is 18.5. The third-order valence-electron chi connectivity index (χ3n) is 9.47. The summed E-state index contributed by atoms with van der Waals surface area (Å²) >= 11 is 0. The van der Waals surface area contributed by atoms with Gasteiger partial charge in [0.1, 0.15) is 5.97 Å². The Bertz CT molecular complexity index is 1010. The van der Waals surface area contributed by atoms with E-state index in [0.717, 1.165) is 43.3 Å². The van der Waals surface area contributed by atoms with Crippen LogP contribution in [-0.4, -0.2) is 99.8 Å². The lowest BCUT2D eigenvalue weighted by molar-refractivity contribution is -0.901. The summed E-state index contributed by atoms with van der Waals surface area (Å²) in [5.41, 5.74) is 0. The van der Waals surface area contributed by atoms with Gasteiger partial charge >= 0.3 is 10.1 Å². The molecule has 1 N–H and O–H groups in total. The Morgan fingerprint density at radius 2 is 0.875 bits per heavy atom. The number of carboxylic acid groups (broad SMARTS) is 1. The zero-order chi connectivity index (χ0) is 37.2. The fraction of sp³-hybridized carbons (Fsp3) is 0.972. The molecule has 0 aromatic rings. The van der Waals surface area contributed by atoms with Crippen LogP contribution in [0.2, 0.25) is 0 Å². The van der Waals surface area contributed by atoms with Crippen LogP contribution in [0.3, 0.4) is 0 Å². The summed E-state index contributed by atoms with van der Waals surface area (Å²) in [6, 6.07) is 0. The topological polar surface area (TPSA) is 152 Å². The van der Waals surface area contributed by atoms with Crippen molar-refractivity contribution < 1.29 is 44.8 Å². The molecule has 0 amide bonds. The smallest absolute Gasteiger partial charge is 0.328 e. The molecule has 12 heteroatoms. The van der Waals surface area contributed by atoms with Crippen molar-refractivity contribution in [1.82, 2.24) is 0 Å². The van der Waals surface area contributed by atoms with Gasteiger partial charge in [0.25, 0.3) is 4.87 Å². The van der Waals surface area contributed by atoms with E-state index in [-0.39, 0.29) is 12.2 Å². The number of carbonyl (C=O) groups is 1. The van der Waals surface area contributed by atoms with E-state index in [1.165, 1.54) is 130 Å². The largest absolute Gasteiger partial charge is 0.748 e. The average molecular weight is 729 g/mol. The first-order valence-electron chi connectivity index (χ1n) is 19.0. The highest BCUT2D eigenvalue weighted by atomic mass is 32.2. The number of hydrogen-bond donors (Lipinski definition) is 1. The second-order valence-electron chi connectivity index (χ2n) is 15.4. The van der Waals surface area contributed by atoms with Gasteiger partial charge in [0.15, 0.2) is 0 Å². The average Bonchev–Trinajstić information content (AvgIpc) is 2.94. The summed E-state index contributed by atoms with van der Waals surface area (Å²) in [5.74, 6) is -1.97. The highest BCUT2D eigenvalue weighted by Crippen LogP contribution is 2.31. The maximum atomic E-state index is 11.8. The van der Waals surface area contributed by atoms with Crippen molar-refractivity contribution in [3.05, 3.63) is 0 Å². The fourth-order valence-electron chi connectivity index (χ4n) is 6.31. The summed E-state index contributed by atoms with van der Waals surface area (Å²) < 4.78 is 65.3. The van der Waals surface area contributed by atoms with E-state index < -0.39 is 35.6 Å². The predicted octanol–water partition coefficient (Wildman–Crippen LogP) is 7.04. The van der Waals surface area contributed by atoms with Crippen LogP contribution in [0, 0.1) is 0 Å². The van der Waals surface area contributed by atoms with Gasteiger partial charge in [-0.3, -0.25) is 4.55 Å². The van der Waals surface area contributed by atoms with E-state index in [9.17, 15) is 35.8 Å². The third kappa shape index (κ3) is 25.2. The number of nitrogens with zero attached hydrogens (tertiary/aromatic N) is 2. The minimum Gasteiger partial charge on any atom is -0.748 e. The molecule has 0 saturated carbocycles. The Kier molecular flexibility index (Phi) is 27.7. The molecule has 0 aliphatic heterocycles.